The average molecular weight is 274 g/mol. The van der Waals surface area contributed by atoms with E-state index in [0.717, 1.165) is 16.8 Å². The number of methoxy groups -OCH3 is 1. The molecule has 0 bridgehead atoms. The first-order valence-corrected chi connectivity index (χ1v) is 6.43. The fourth-order valence-corrected chi connectivity index (χ4v) is 2.12. The predicted octanol–water partition coefficient (Wildman–Crippen LogP) is 4.72. The van der Waals surface area contributed by atoms with Crippen LogP contribution in [0.25, 0.3) is 0 Å². The molecule has 0 saturated heterocycles. The Morgan fingerprint density at radius 2 is 1.89 bits per heavy atom. The lowest BCUT2D eigenvalue weighted by Crippen LogP contribution is -1.87. The van der Waals surface area contributed by atoms with Crippen molar-refractivity contribution in [2.24, 2.45) is 4.99 Å². The summed E-state index contributed by atoms with van der Waals surface area (Å²) in [4.78, 5) is 4.49. The van der Waals surface area contributed by atoms with Crippen LogP contribution < -0.4 is 4.74 Å². The molecule has 0 N–H and O–H groups in total. The molecule has 0 aliphatic heterocycles. The normalized spacial score (nSPS) is 10.9. The molecule has 0 atom stereocenters. The molecule has 19 heavy (non-hydrogen) atoms. The van der Waals surface area contributed by atoms with Gasteiger partial charge in [-0.3, -0.25) is 4.99 Å². The van der Waals surface area contributed by atoms with Crippen molar-refractivity contribution >= 4 is 23.5 Å². The molecule has 0 radical (unpaired) electrons. The van der Waals surface area contributed by atoms with Gasteiger partial charge in [-0.25, -0.2) is 0 Å². The maximum Gasteiger partial charge on any atom is 0.137 e. The summed E-state index contributed by atoms with van der Waals surface area (Å²) < 4.78 is 5.12. The Morgan fingerprint density at radius 3 is 2.53 bits per heavy atom. The molecule has 0 spiro atoms. The van der Waals surface area contributed by atoms with E-state index in [4.69, 9.17) is 16.3 Å². The van der Waals surface area contributed by atoms with Gasteiger partial charge in [-0.1, -0.05) is 29.3 Å². The molecule has 0 amide bonds. The summed E-state index contributed by atoms with van der Waals surface area (Å²) in [6, 6.07) is 11.8. The van der Waals surface area contributed by atoms with Crippen LogP contribution in [0.1, 0.15) is 16.7 Å². The number of hydrogen-bond donors (Lipinski definition) is 0. The van der Waals surface area contributed by atoms with E-state index in [-0.39, 0.29) is 0 Å². The Kier molecular flexibility index (Phi) is 4.23. The highest BCUT2D eigenvalue weighted by Crippen LogP contribution is 2.25. The molecule has 0 saturated carbocycles. The summed E-state index contributed by atoms with van der Waals surface area (Å²) in [7, 11) is 1.60. The topological polar surface area (TPSA) is 21.6 Å². The second kappa shape index (κ2) is 5.89. The molecule has 0 fully saturated rings. The zero-order valence-corrected chi connectivity index (χ0v) is 12.0. The van der Waals surface area contributed by atoms with Crippen LogP contribution in [0.5, 0.6) is 5.75 Å². The second-order valence-corrected chi connectivity index (χ2v) is 4.85. The van der Waals surface area contributed by atoms with Gasteiger partial charge in [-0.2, -0.15) is 0 Å². The Balaban J connectivity index is 2.25. The summed E-state index contributed by atoms with van der Waals surface area (Å²) in [5, 5.41) is 0.590. The van der Waals surface area contributed by atoms with Gasteiger partial charge in [0.2, 0.25) is 0 Å². The number of halogens is 1. The molecule has 0 aliphatic carbocycles. The zero-order chi connectivity index (χ0) is 13.8. The minimum absolute atomic E-state index is 0.590. The van der Waals surface area contributed by atoms with E-state index >= 15 is 0 Å². The first kappa shape index (κ1) is 13.6. The standard InChI is InChI=1S/C16H16ClNO/c1-11-4-6-15(12(2)8-11)18-10-13-5-7-16(19-3)14(17)9-13/h4-10H,1-3H3. The zero-order valence-electron chi connectivity index (χ0n) is 11.3. The van der Waals surface area contributed by atoms with Crippen molar-refractivity contribution in [1.29, 1.82) is 0 Å². The van der Waals surface area contributed by atoms with Crippen LogP contribution in [0.15, 0.2) is 41.4 Å². The van der Waals surface area contributed by atoms with Gasteiger partial charge in [0.15, 0.2) is 0 Å². The van der Waals surface area contributed by atoms with Gasteiger partial charge < -0.3 is 4.74 Å². The monoisotopic (exact) mass is 273 g/mol. The Labute approximate surface area is 118 Å². The first-order chi connectivity index (χ1) is 9.10. The third-order valence-corrected chi connectivity index (χ3v) is 3.18. The summed E-state index contributed by atoms with van der Waals surface area (Å²) in [5.41, 5.74) is 4.32. The fraction of sp³-hybridized carbons (Fsp3) is 0.188. The Hall–Kier alpha value is -1.80. The van der Waals surface area contributed by atoms with E-state index in [1.54, 1.807) is 7.11 Å². The highest BCUT2D eigenvalue weighted by molar-refractivity contribution is 6.32. The second-order valence-electron chi connectivity index (χ2n) is 4.44. The van der Waals surface area contributed by atoms with E-state index in [1.165, 1.54) is 5.56 Å². The molecule has 0 heterocycles. The molecule has 0 aliphatic rings. The van der Waals surface area contributed by atoms with Gasteiger partial charge in [0, 0.05) is 6.21 Å². The predicted molar refractivity (Wildman–Crippen MR) is 81.2 cm³/mol. The van der Waals surface area contributed by atoms with Gasteiger partial charge in [-0.05, 0) is 49.2 Å². The molecule has 2 aromatic carbocycles. The van der Waals surface area contributed by atoms with E-state index in [2.05, 4.69) is 31.0 Å². The van der Waals surface area contributed by atoms with Crippen molar-refractivity contribution in [2.75, 3.05) is 7.11 Å². The minimum Gasteiger partial charge on any atom is -0.495 e. The average Bonchev–Trinajstić information content (AvgIpc) is 2.38. The van der Waals surface area contributed by atoms with Gasteiger partial charge in [0.05, 0.1) is 17.8 Å². The van der Waals surface area contributed by atoms with E-state index in [0.29, 0.717) is 10.8 Å². The quantitative estimate of drug-likeness (QED) is 0.742. The molecule has 2 aromatic rings. The van der Waals surface area contributed by atoms with Gasteiger partial charge in [0.25, 0.3) is 0 Å². The first-order valence-electron chi connectivity index (χ1n) is 6.05. The summed E-state index contributed by atoms with van der Waals surface area (Å²) >= 11 is 6.08. The summed E-state index contributed by atoms with van der Waals surface area (Å²) in [5.74, 6) is 0.672. The number of hydrogen-bond acceptors (Lipinski definition) is 2. The Bertz CT molecular complexity index is 620. The lowest BCUT2D eigenvalue weighted by Gasteiger charge is -2.03. The van der Waals surface area contributed by atoms with Crippen LogP contribution in [-0.4, -0.2) is 13.3 Å². The Morgan fingerprint density at radius 1 is 1.11 bits per heavy atom. The van der Waals surface area contributed by atoms with Crippen LogP contribution in [0, 0.1) is 13.8 Å². The van der Waals surface area contributed by atoms with Crippen molar-refractivity contribution in [1.82, 2.24) is 0 Å². The van der Waals surface area contributed by atoms with Crippen LogP contribution in [0.3, 0.4) is 0 Å². The maximum atomic E-state index is 6.08. The smallest absolute Gasteiger partial charge is 0.137 e. The van der Waals surface area contributed by atoms with Gasteiger partial charge in [-0.15, -0.1) is 0 Å². The largest absolute Gasteiger partial charge is 0.495 e. The van der Waals surface area contributed by atoms with Crippen LogP contribution in [0.2, 0.25) is 5.02 Å². The number of nitrogens with zero attached hydrogens (tertiary/aromatic N) is 1. The third-order valence-electron chi connectivity index (χ3n) is 2.88. The highest BCUT2D eigenvalue weighted by atomic mass is 35.5. The van der Waals surface area contributed by atoms with Crippen LogP contribution in [-0.2, 0) is 0 Å². The fourth-order valence-electron chi connectivity index (χ4n) is 1.86. The van der Waals surface area contributed by atoms with Crippen molar-refractivity contribution in [2.45, 2.75) is 13.8 Å². The number of aryl methyl sites for hydroxylation is 2. The maximum absolute atomic E-state index is 6.08. The van der Waals surface area contributed by atoms with E-state index in [1.807, 2.05) is 30.5 Å². The van der Waals surface area contributed by atoms with Gasteiger partial charge >= 0.3 is 0 Å². The molecule has 0 unspecified atom stereocenters. The number of ether oxygens (including phenoxy) is 1. The molecule has 0 aromatic heterocycles. The van der Waals surface area contributed by atoms with Crippen molar-refractivity contribution in [3.05, 3.63) is 58.1 Å². The highest BCUT2D eigenvalue weighted by Gasteiger charge is 2.00. The van der Waals surface area contributed by atoms with Crippen molar-refractivity contribution in [3.8, 4) is 5.75 Å². The molecular weight excluding hydrogens is 258 g/mol. The lowest BCUT2D eigenvalue weighted by molar-refractivity contribution is 0.415. The molecular formula is C16H16ClNO. The minimum atomic E-state index is 0.590. The van der Waals surface area contributed by atoms with E-state index in [9.17, 15) is 0 Å². The number of aliphatic imine (C=N–C) groups is 1. The summed E-state index contributed by atoms with van der Waals surface area (Å²) in [6.45, 7) is 4.13. The van der Waals surface area contributed by atoms with E-state index < -0.39 is 0 Å². The summed E-state index contributed by atoms with van der Waals surface area (Å²) in [6.07, 6.45) is 1.81. The van der Waals surface area contributed by atoms with Crippen molar-refractivity contribution in [3.63, 3.8) is 0 Å². The molecule has 2 rings (SSSR count). The van der Waals surface area contributed by atoms with Crippen LogP contribution >= 0.6 is 11.6 Å². The molecule has 98 valence electrons. The SMILES string of the molecule is COc1ccc(C=Nc2ccc(C)cc2C)cc1Cl. The number of benzene rings is 2. The lowest BCUT2D eigenvalue weighted by atomic mass is 10.1. The molecule has 3 heteroatoms. The number of rotatable bonds is 3. The molecule has 2 nitrogen and oxygen atoms in total. The van der Waals surface area contributed by atoms with Crippen molar-refractivity contribution < 1.29 is 4.74 Å². The third kappa shape index (κ3) is 3.36. The van der Waals surface area contributed by atoms with Crippen LogP contribution in [0.4, 0.5) is 5.69 Å². The van der Waals surface area contributed by atoms with Gasteiger partial charge in [0.1, 0.15) is 5.75 Å².